The van der Waals surface area contributed by atoms with Gasteiger partial charge in [0.25, 0.3) is 0 Å². The molecule has 3 rings (SSSR count). The molecule has 1 aliphatic heterocycles. The largest absolute Gasteiger partial charge is 0.339 e. The van der Waals surface area contributed by atoms with Crippen LogP contribution < -0.4 is 0 Å². The van der Waals surface area contributed by atoms with Gasteiger partial charge in [-0.05, 0) is 19.4 Å². The van der Waals surface area contributed by atoms with E-state index >= 15 is 0 Å². The zero-order valence-corrected chi connectivity index (χ0v) is 12.8. The number of nitrogens with zero attached hydrogens (tertiary/aromatic N) is 4. The van der Waals surface area contributed by atoms with Gasteiger partial charge >= 0.3 is 0 Å². The first-order valence-corrected chi connectivity index (χ1v) is 8.08. The molecule has 1 atom stereocenters. The summed E-state index contributed by atoms with van der Waals surface area (Å²) < 4.78 is 5.29. The molecule has 2 aromatic heterocycles. The fraction of sp³-hybridized carbons (Fsp3) is 0.643. The van der Waals surface area contributed by atoms with E-state index in [4.69, 9.17) is 4.52 Å². The Morgan fingerprint density at radius 1 is 1.45 bits per heavy atom. The lowest BCUT2D eigenvalue weighted by Crippen LogP contribution is -2.33. The molecule has 0 bridgehead atoms. The molecule has 0 radical (unpaired) electrons. The van der Waals surface area contributed by atoms with Gasteiger partial charge in [-0.3, -0.25) is 4.90 Å². The Balaban J connectivity index is 1.73. The summed E-state index contributed by atoms with van der Waals surface area (Å²) in [7, 11) is 0. The second kappa shape index (κ2) is 6.01. The van der Waals surface area contributed by atoms with E-state index in [-0.39, 0.29) is 5.92 Å². The summed E-state index contributed by atoms with van der Waals surface area (Å²) in [6.07, 6.45) is 5.56. The molecule has 3 heterocycles. The second-order valence-electron chi connectivity index (χ2n) is 5.56. The lowest BCUT2D eigenvalue weighted by molar-refractivity contribution is 0.135. The number of hydrogen-bond donors (Lipinski definition) is 0. The van der Waals surface area contributed by atoms with Crippen molar-refractivity contribution in [1.29, 1.82) is 0 Å². The second-order valence-corrected chi connectivity index (χ2v) is 6.48. The standard InChI is InChI=1S/C14H20N4OS/c1-10(2)13-16-12(17-19-13)9-18-7-4-3-5-11(18)14-15-6-8-20-14/h6,8,10-11H,3-5,7,9H2,1-2H3/t11-/m1/s1. The highest BCUT2D eigenvalue weighted by Crippen LogP contribution is 2.32. The Kier molecular flexibility index (Phi) is 4.12. The molecule has 5 nitrogen and oxygen atoms in total. The smallest absolute Gasteiger partial charge is 0.229 e. The Morgan fingerprint density at radius 2 is 2.35 bits per heavy atom. The van der Waals surface area contributed by atoms with Gasteiger partial charge in [0.2, 0.25) is 5.89 Å². The maximum absolute atomic E-state index is 5.29. The Morgan fingerprint density at radius 3 is 3.05 bits per heavy atom. The third-order valence-corrected chi connectivity index (χ3v) is 4.55. The van der Waals surface area contributed by atoms with Gasteiger partial charge in [-0.25, -0.2) is 4.98 Å². The summed E-state index contributed by atoms with van der Waals surface area (Å²) in [4.78, 5) is 11.4. The van der Waals surface area contributed by atoms with Gasteiger partial charge in [-0.15, -0.1) is 11.3 Å². The normalized spacial score (nSPS) is 20.6. The molecule has 0 unspecified atom stereocenters. The van der Waals surface area contributed by atoms with E-state index in [1.54, 1.807) is 11.3 Å². The minimum absolute atomic E-state index is 0.285. The quantitative estimate of drug-likeness (QED) is 0.864. The highest BCUT2D eigenvalue weighted by Gasteiger charge is 2.27. The van der Waals surface area contributed by atoms with Crippen LogP contribution in [0.4, 0.5) is 0 Å². The number of hydrogen-bond acceptors (Lipinski definition) is 6. The molecule has 0 saturated carbocycles. The fourth-order valence-corrected chi connectivity index (χ4v) is 3.41. The summed E-state index contributed by atoms with van der Waals surface area (Å²) in [5, 5.41) is 7.36. The van der Waals surface area contributed by atoms with Crippen LogP contribution in [0.3, 0.4) is 0 Å². The average molecular weight is 292 g/mol. The molecule has 1 fully saturated rings. The summed E-state index contributed by atoms with van der Waals surface area (Å²) in [6, 6.07) is 0.407. The van der Waals surface area contributed by atoms with E-state index in [0.717, 1.165) is 24.8 Å². The Labute approximate surface area is 123 Å². The van der Waals surface area contributed by atoms with Crippen LogP contribution in [0, 0.1) is 0 Å². The molecule has 0 N–H and O–H groups in total. The SMILES string of the molecule is CC(C)c1nc(CN2CCCC[C@@H]2c2nccs2)no1. The minimum atomic E-state index is 0.285. The molecule has 1 saturated heterocycles. The van der Waals surface area contributed by atoms with Crippen LogP contribution in [-0.4, -0.2) is 26.6 Å². The molecule has 0 aromatic carbocycles. The molecule has 2 aromatic rings. The van der Waals surface area contributed by atoms with E-state index in [2.05, 4.69) is 33.9 Å². The van der Waals surface area contributed by atoms with Gasteiger partial charge in [0.05, 0.1) is 12.6 Å². The molecule has 0 spiro atoms. The average Bonchev–Trinajstić information content (AvgIpc) is 3.10. The van der Waals surface area contributed by atoms with Gasteiger partial charge < -0.3 is 4.52 Å². The van der Waals surface area contributed by atoms with Crippen molar-refractivity contribution in [3.05, 3.63) is 28.3 Å². The highest BCUT2D eigenvalue weighted by atomic mass is 32.1. The van der Waals surface area contributed by atoms with Crippen molar-refractivity contribution in [2.45, 2.75) is 51.6 Å². The molecule has 0 aliphatic carbocycles. The lowest BCUT2D eigenvalue weighted by atomic mass is 10.0. The van der Waals surface area contributed by atoms with E-state index in [0.29, 0.717) is 6.04 Å². The summed E-state index contributed by atoms with van der Waals surface area (Å²) in [5.41, 5.74) is 0. The molecule has 108 valence electrons. The maximum Gasteiger partial charge on any atom is 0.229 e. The summed E-state index contributed by atoms with van der Waals surface area (Å²) >= 11 is 1.74. The van der Waals surface area contributed by atoms with E-state index in [9.17, 15) is 0 Å². The number of rotatable bonds is 4. The monoisotopic (exact) mass is 292 g/mol. The fourth-order valence-electron chi connectivity index (χ4n) is 2.61. The predicted molar refractivity (Wildman–Crippen MR) is 77.5 cm³/mol. The number of thiazole rings is 1. The van der Waals surface area contributed by atoms with Crippen molar-refractivity contribution in [3.8, 4) is 0 Å². The van der Waals surface area contributed by atoms with E-state index in [1.165, 1.54) is 24.3 Å². The third-order valence-electron chi connectivity index (χ3n) is 3.67. The van der Waals surface area contributed by atoms with Crippen LogP contribution in [0.1, 0.15) is 61.8 Å². The number of aromatic nitrogens is 3. The zero-order valence-electron chi connectivity index (χ0n) is 12.0. The number of likely N-dealkylation sites (tertiary alicyclic amines) is 1. The topological polar surface area (TPSA) is 55.1 Å². The van der Waals surface area contributed by atoms with E-state index < -0.39 is 0 Å². The van der Waals surface area contributed by atoms with Crippen LogP contribution in [0.25, 0.3) is 0 Å². The predicted octanol–water partition coefficient (Wildman–Crippen LogP) is 3.38. The molecule has 6 heteroatoms. The Hall–Kier alpha value is -1.27. The van der Waals surface area contributed by atoms with Crippen molar-refractivity contribution in [1.82, 2.24) is 20.0 Å². The summed E-state index contributed by atoms with van der Waals surface area (Å²) in [6.45, 7) is 5.96. The first-order chi connectivity index (χ1) is 9.74. The van der Waals surface area contributed by atoms with Crippen molar-refractivity contribution in [2.75, 3.05) is 6.54 Å². The zero-order chi connectivity index (χ0) is 13.9. The minimum Gasteiger partial charge on any atom is -0.339 e. The van der Waals surface area contributed by atoms with Crippen LogP contribution in [0.2, 0.25) is 0 Å². The van der Waals surface area contributed by atoms with Gasteiger partial charge in [0, 0.05) is 17.5 Å². The Bertz CT molecular complexity index is 537. The molecular weight excluding hydrogens is 272 g/mol. The van der Waals surface area contributed by atoms with Gasteiger partial charge in [0.1, 0.15) is 5.01 Å². The van der Waals surface area contributed by atoms with Gasteiger partial charge in [-0.2, -0.15) is 4.98 Å². The maximum atomic E-state index is 5.29. The van der Waals surface area contributed by atoms with Gasteiger partial charge in [-0.1, -0.05) is 25.4 Å². The van der Waals surface area contributed by atoms with E-state index in [1.807, 2.05) is 11.6 Å². The molecule has 1 aliphatic rings. The molecule has 0 amide bonds. The third kappa shape index (κ3) is 2.91. The summed E-state index contributed by atoms with van der Waals surface area (Å²) in [5.74, 6) is 1.80. The van der Waals surface area contributed by atoms with Crippen LogP contribution >= 0.6 is 11.3 Å². The van der Waals surface area contributed by atoms with Crippen molar-refractivity contribution in [2.24, 2.45) is 0 Å². The van der Waals surface area contributed by atoms with Crippen molar-refractivity contribution < 1.29 is 4.52 Å². The van der Waals surface area contributed by atoms with Gasteiger partial charge in [0.15, 0.2) is 5.82 Å². The van der Waals surface area contributed by atoms with Crippen molar-refractivity contribution in [3.63, 3.8) is 0 Å². The van der Waals surface area contributed by atoms with Crippen LogP contribution in [-0.2, 0) is 6.54 Å². The molecular formula is C14H20N4OS. The first kappa shape index (κ1) is 13.7. The van der Waals surface area contributed by atoms with Crippen LogP contribution in [0.15, 0.2) is 16.1 Å². The lowest BCUT2D eigenvalue weighted by Gasteiger charge is -2.33. The number of piperidine rings is 1. The first-order valence-electron chi connectivity index (χ1n) is 7.20. The van der Waals surface area contributed by atoms with Crippen molar-refractivity contribution >= 4 is 11.3 Å². The highest BCUT2D eigenvalue weighted by molar-refractivity contribution is 7.09. The molecule has 20 heavy (non-hydrogen) atoms. The van der Waals surface area contributed by atoms with Crippen LogP contribution in [0.5, 0.6) is 0 Å².